The summed E-state index contributed by atoms with van der Waals surface area (Å²) in [6, 6.07) is 2.06. The van der Waals surface area contributed by atoms with Gasteiger partial charge in [0.05, 0.1) is 5.54 Å². The van der Waals surface area contributed by atoms with Crippen molar-refractivity contribution >= 4 is 0 Å². The molecule has 2 aromatic heterocycles. The van der Waals surface area contributed by atoms with Crippen molar-refractivity contribution in [2.24, 2.45) is 11.7 Å². The summed E-state index contributed by atoms with van der Waals surface area (Å²) in [6.45, 7) is 5.96. The van der Waals surface area contributed by atoms with Gasteiger partial charge in [0.2, 0.25) is 11.7 Å². The maximum Gasteiger partial charge on any atom is 0.247 e. The molecule has 100 valence electrons. The van der Waals surface area contributed by atoms with Gasteiger partial charge in [0.15, 0.2) is 0 Å². The minimum Gasteiger partial charge on any atom is -0.337 e. The average molecular weight is 258 g/mol. The molecule has 1 fully saturated rings. The molecule has 0 aromatic carbocycles. The summed E-state index contributed by atoms with van der Waals surface area (Å²) < 4.78 is 5.34. The molecule has 2 heterocycles. The number of pyridine rings is 1. The Hall–Kier alpha value is -1.75. The highest BCUT2D eigenvalue weighted by Crippen LogP contribution is 2.43. The van der Waals surface area contributed by atoms with Gasteiger partial charge in [-0.1, -0.05) is 11.2 Å². The lowest BCUT2D eigenvalue weighted by molar-refractivity contribution is 0.273. The lowest BCUT2D eigenvalue weighted by Crippen LogP contribution is -2.35. The quantitative estimate of drug-likeness (QED) is 0.914. The molecule has 2 N–H and O–H groups in total. The third-order valence-corrected chi connectivity index (χ3v) is 3.74. The second-order valence-corrected chi connectivity index (χ2v) is 5.66. The van der Waals surface area contributed by atoms with Crippen molar-refractivity contribution in [3.8, 4) is 11.5 Å². The normalized spacial score (nSPS) is 18.3. The number of nitrogens with two attached hydrogens (primary N) is 1. The molecule has 19 heavy (non-hydrogen) atoms. The zero-order valence-corrected chi connectivity index (χ0v) is 11.5. The van der Waals surface area contributed by atoms with Gasteiger partial charge >= 0.3 is 0 Å². The van der Waals surface area contributed by atoms with E-state index in [1.54, 1.807) is 6.20 Å². The Morgan fingerprint density at radius 3 is 2.74 bits per heavy atom. The van der Waals surface area contributed by atoms with Gasteiger partial charge in [0.25, 0.3) is 0 Å². The van der Waals surface area contributed by atoms with Crippen LogP contribution in [0, 0.1) is 19.8 Å². The summed E-state index contributed by atoms with van der Waals surface area (Å²) >= 11 is 0. The van der Waals surface area contributed by atoms with E-state index in [4.69, 9.17) is 10.3 Å². The van der Waals surface area contributed by atoms with Crippen molar-refractivity contribution in [2.75, 3.05) is 0 Å². The van der Waals surface area contributed by atoms with Crippen molar-refractivity contribution < 1.29 is 4.52 Å². The first-order valence-electron chi connectivity index (χ1n) is 6.55. The summed E-state index contributed by atoms with van der Waals surface area (Å²) in [5, 5.41) is 4.02. The first-order valence-corrected chi connectivity index (χ1v) is 6.55. The van der Waals surface area contributed by atoms with Crippen molar-refractivity contribution in [3.63, 3.8) is 0 Å². The smallest absolute Gasteiger partial charge is 0.247 e. The molecule has 0 aliphatic heterocycles. The summed E-state index contributed by atoms with van der Waals surface area (Å²) in [6.07, 6.45) is 4.07. The maximum atomic E-state index is 6.28. The highest BCUT2D eigenvalue weighted by atomic mass is 16.5. The Morgan fingerprint density at radius 1 is 1.37 bits per heavy atom. The van der Waals surface area contributed by atoms with Gasteiger partial charge < -0.3 is 10.3 Å². The highest BCUT2D eigenvalue weighted by Gasteiger charge is 2.44. The molecule has 5 heteroatoms. The molecule has 1 aliphatic carbocycles. The standard InChI is InChI=1S/C14H18N4O/c1-8-6-9(2)11(16-7-8)12-17-13(19-18-12)14(3,15)10-4-5-10/h6-7,10H,4-5,15H2,1-3H3. The minimum absolute atomic E-state index is 0.452. The average Bonchev–Trinajstić information content (AvgIpc) is 3.09. The lowest BCUT2D eigenvalue weighted by Gasteiger charge is -2.18. The van der Waals surface area contributed by atoms with Crippen LogP contribution in [-0.4, -0.2) is 15.1 Å². The zero-order chi connectivity index (χ0) is 13.6. The van der Waals surface area contributed by atoms with Gasteiger partial charge in [-0.3, -0.25) is 4.98 Å². The Labute approximate surface area is 112 Å². The molecule has 5 nitrogen and oxygen atoms in total. The van der Waals surface area contributed by atoms with Crippen LogP contribution < -0.4 is 5.73 Å². The van der Waals surface area contributed by atoms with E-state index in [0.29, 0.717) is 17.6 Å². The number of aryl methyl sites for hydroxylation is 2. The van der Waals surface area contributed by atoms with E-state index in [0.717, 1.165) is 29.7 Å². The molecular weight excluding hydrogens is 240 g/mol. The molecule has 0 saturated heterocycles. The van der Waals surface area contributed by atoms with E-state index >= 15 is 0 Å². The predicted octanol–water partition coefficient (Wildman–Crippen LogP) is 2.33. The topological polar surface area (TPSA) is 77.8 Å². The fourth-order valence-corrected chi connectivity index (χ4v) is 2.35. The Kier molecular flexibility index (Phi) is 2.67. The van der Waals surface area contributed by atoms with Crippen molar-refractivity contribution in [2.45, 2.75) is 39.2 Å². The molecule has 1 aliphatic rings. The number of rotatable bonds is 3. The van der Waals surface area contributed by atoms with E-state index in [1.165, 1.54) is 0 Å². The predicted molar refractivity (Wildman–Crippen MR) is 71.3 cm³/mol. The van der Waals surface area contributed by atoms with Crippen molar-refractivity contribution in [3.05, 3.63) is 29.3 Å². The van der Waals surface area contributed by atoms with Crippen LogP contribution in [0.4, 0.5) is 0 Å². The van der Waals surface area contributed by atoms with E-state index in [2.05, 4.69) is 21.2 Å². The van der Waals surface area contributed by atoms with Gasteiger partial charge in [0, 0.05) is 6.20 Å². The second-order valence-electron chi connectivity index (χ2n) is 5.66. The summed E-state index contributed by atoms with van der Waals surface area (Å²) in [4.78, 5) is 8.82. The van der Waals surface area contributed by atoms with Crippen LogP contribution in [0.5, 0.6) is 0 Å². The summed E-state index contributed by atoms with van der Waals surface area (Å²) in [7, 11) is 0. The van der Waals surface area contributed by atoms with Crippen molar-refractivity contribution in [1.29, 1.82) is 0 Å². The van der Waals surface area contributed by atoms with Crippen LogP contribution in [0.1, 0.15) is 36.8 Å². The Balaban J connectivity index is 1.96. The molecule has 2 aromatic rings. The molecule has 0 radical (unpaired) electrons. The second kappa shape index (κ2) is 4.13. The van der Waals surface area contributed by atoms with E-state index in [1.807, 2.05) is 20.8 Å². The van der Waals surface area contributed by atoms with E-state index < -0.39 is 5.54 Å². The maximum absolute atomic E-state index is 6.28. The van der Waals surface area contributed by atoms with Gasteiger partial charge in [-0.2, -0.15) is 4.98 Å². The molecule has 0 spiro atoms. The van der Waals surface area contributed by atoms with E-state index in [9.17, 15) is 0 Å². The minimum atomic E-state index is -0.524. The number of aromatic nitrogens is 3. The van der Waals surface area contributed by atoms with Crippen LogP contribution in [-0.2, 0) is 5.54 Å². The summed E-state index contributed by atoms with van der Waals surface area (Å²) in [5.41, 5.74) is 8.67. The molecular formula is C14H18N4O. The third kappa shape index (κ3) is 2.14. The molecule has 1 atom stereocenters. The fourth-order valence-electron chi connectivity index (χ4n) is 2.35. The van der Waals surface area contributed by atoms with Crippen LogP contribution in [0.15, 0.2) is 16.8 Å². The Morgan fingerprint density at radius 2 is 2.11 bits per heavy atom. The van der Waals surface area contributed by atoms with Gasteiger partial charge in [-0.05, 0) is 50.7 Å². The van der Waals surface area contributed by atoms with Crippen LogP contribution in [0.3, 0.4) is 0 Å². The van der Waals surface area contributed by atoms with Gasteiger partial charge in [-0.15, -0.1) is 0 Å². The molecule has 1 unspecified atom stereocenters. The zero-order valence-electron chi connectivity index (χ0n) is 11.5. The molecule has 3 rings (SSSR count). The largest absolute Gasteiger partial charge is 0.337 e. The SMILES string of the molecule is Cc1cnc(-c2noc(C(C)(N)C3CC3)n2)c(C)c1. The van der Waals surface area contributed by atoms with E-state index in [-0.39, 0.29) is 0 Å². The lowest BCUT2D eigenvalue weighted by atomic mass is 9.97. The van der Waals surface area contributed by atoms with Gasteiger partial charge in [-0.25, -0.2) is 0 Å². The monoisotopic (exact) mass is 258 g/mol. The first-order chi connectivity index (χ1) is 8.98. The Bertz CT molecular complexity index is 614. The molecule has 0 bridgehead atoms. The van der Waals surface area contributed by atoms with Crippen LogP contribution >= 0.6 is 0 Å². The molecule has 0 amide bonds. The fraction of sp³-hybridized carbons (Fsp3) is 0.500. The highest BCUT2D eigenvalue weighted by molar-refractivity contribution is 5.54. The van der Waals surface area contributed by atoms with Crippen LogP contribution in [0.25, 0.3) is 11.5 Å². The number of hydrogen-bond donors (Lipinski definition) is 1. The summed E-state index contributed by atoms with van der Waals surface area (Å²) in [5.74, 6) is 1.48. The van der Waals surface area contributed by atoms with Crippen molar-refractivity contribution in [1.82, 2.24) is 15.1 Å². The van der Waals surface area contributed by atoms with Crippen LogP contribution in [0.2, 0.25) is 0 Å². The number of nitrogens with zero attached hydrogens (tertiary/aromatic N) is 3. The first kappa shape index (κ1) is 12.3. The van der Waals surface area contributed by atoms with Gasteiger partial charge in [0.1, 0.15) is 5.69 Å². The number of hydrogen-bond acceptors (Lipinski definition) is 5. The molecule has 1 saturated carbocycles. The third-order valence-electron chi connectivity index (χ3n) is 3.74.